The molecule has 2 aliphatic rings. The Morgan fingerprint density at radius 1 is 1.22 bits per heavy atom. The van der Waals surface area contributed by atoms with Gasteiger partial charge in [-0.25, -0.2) is 0 Å². The van der Waals surface area contributed by atoms with Crippen molar-refractivity contribution in [2.75, 3.05) is 0 Å². The highest BCUT2D eigenvalue weighted by molar-refractivity contribution is 5.28. The van der Waals surface area contributed by atoms with Crippen molar-refractivity contribution in [3.05, 3.63) is 29.6 Å². The molecule has 0 bridgehead atoms. The van der Waals surface area contributed by atoms with E-state index in [1.54, 1.807) is 0 Å². The second kappa shape index (κ2) is 4.65. The summed E-state index contributed by atoms with van der Waals surface area (Å²) in [5.74, 6) is 0. The van der Waals surface area contributed by atoms with Crippen molar-refractivity contribution in [3.8, 4) is 0 Å². The third-order valence-electron chi connectivity index (χ3n) is 4.73. The van der Waals surface area contributed by atoms with Crippen LogP contribution in [0.15, 0.2) is 18.3 Å². The Kier molecular flexibility index (Phi) is 3.14. The van der Waals surface area contributed by atoms with Crippen molar-refractivity contribution < 1.29 is 0 Å². The summed E-state index contributed by atoms with van der Waals surface area (Å²) >= 11 is 0. The van der Waals surface area contributed by atoms with Crippen LogP contribution in [0.25, 0.3) is 0 Å². The van der Waals surface area contributed by atoms with Gasteiger partial charge in [0.2, 0.25) is 0 Å². The third-order valence-corrected chi connectivity index (χ3v) is 4.73. The quantitative estimate of drug-likeness (QED) is 0.859. The van der Waals surface area contributed by atoms with E-state index in [4.69, 9.17) is 0 Å². The van der Waals surface area contributed by atoms with Crippen LogP contribution < -0.4 is 5.32 Å². The lowest BCUT2D eigenvalue weighted by molar-refractivity contribution is 0.197. The summed E-state index contributed by atoms with van der Waals surface area (Å²) in [4.78, 5) is 4.57. The summed E-state index contributed by atoms with van der Waals surface area (Å²) in [6.45, 7) is 4.80. The molecule has 2 nitrogen and oxygen atoms in total. The van der Waals surface area contributed by atoms with E-state index in [0.29, 0.717) is 17.5 Å². The van der Waals surface area contributed by atoms with E-state index in [2.05, 4.69) is 36.3 Å². The Hall–Kier alpha value is -0.890. The van der Waals surface area contributed by atoms with Crippen molar-refractivity contribution in [1.29, 1.82) is 0 Å². The van der Waals surface area contributed by atoms with E-state index in [1.807, 2.05) is 6.20 Å². The maximum Gasteiger partial charge on any atom is 0.0605 e. The number of pyridine rings is 1. The molecule has 0 aliphatic heterocycles. The number of nitrogens with one attached hydrogen (secondary N) is 1. The van der Waals surface area contributed by atoms with Crippen LogP contribution in [0.4, 0.5) is 0 Å². The number of fused-ring (bicyclic) bond motifs is 1. The summed E-state index contributed by atoms with van der Waals surface area (Å²) < 4.78 is 0. The third kappa shape index (κ3) is 2.44. The number of aryl methyl sites for hydroxylation is 1. The second-order valence-corrected chi connectivity index (χ2v) is 6.74. The van der Waals surface area contributed by atoms with E-state index < -0.39 is 0 Å². The van der Waals surface area contributed by atoms with Gasteiger partial charge in [-0.05, 0) is 55.6 Å². The Labute approximate surface area is 110 Å². The summed E-state index contributed by atoms with van der Waals surface area (Å²) in [5.41, 5.74) is 3.32. The van der Waals surface area contributed by atoms with E-state index in [1.165, 1.54) is 49.8 Å². The number of aromatic nitrogens is 1. The molecule has 1 aromatic rings. The minimum absolute atomic E-state index is 0.507. The van der Waals surface area contributed by atoms with Crippen molar-refractivity contribution in [3.63, 3.8) is 0 Å². The summed E-state index contributed by atoms with van der Waals surface area (Å²) in [6.07, 6.45) is 9.71. The van der Waals surface area contributed by atoms with E-state index >= 15 is 0 Å². The Morgan fingerprint density at radius 3 is 2.78 bits per heavy atom. The highest BCUT2D eigenvalue weighted by atomic mass is 15.0. The largest absolute Gasteiger partial charge is 0.306 e. The highest BCUT2D eigenvalue weighted by Crippen LogP contribution is 2.37. The van der Waals surface area contributed by atoms with Gasteiger partial charge < -0.3 is 5.32 Å². The lowest BCUT2D eigenvalue weighted by Crippen LogP contribution is -2.37. The average molecular weight is 244 g/mol. The highest BCUT2D eigenvalue weighted by Gasteiger charge is 2.30. The van der Waals surface area contributed by atoms with Crippen molar-refractivity contribution in [1.82, 2.24) is 10.3 Å². The molecule has 2 heteroatoms. The van der Waals surface area contributed by atoms with E-state index in [0.717, 1.165) is 0 Å². The SMILES string of the molecule is CC1(C)CCC(NC2CCc3cccnc32)CC1. The van der Waals surface area contributed by atoms with Gasteiger partial charge in [0.1, 0.15) is 0 Å². The molecule has 1 unspecified atom stereocenters. The van der Waals surface area contributed by atoms with Gasteiger partial charge in [0, 0.05) is 12.2 Å². The van der Waals surface area contributed by atoms with E-state index in [9.17, 15) is 0 Å². The number of hydrogen-bond acceptors (Lipinski definition) is 2. The predicted molar refractivity (Wildman–Crippen MR) is 74.5 cm³/mol. The van der Waals surface area contributed by atoms with Crippen LogP contribution in [-0.2, 0) is 6.42 Å². The van der Waals surface area contributed by atoms with E-state index in [-0.39, 0.29) is 0 Å². The second-order valence-electron chi connectivity index (χ2n) is 6.74. The molecule has 0 aromatic carbocycles. The fourth-order valence-electron chi connectivity index (χ4n) is 3.43. The van der Waals surface area contributed by atoms with Gasteiger partial charge in [-0.1, -0.05) is 19.9 Å². The van der Waals surface area contributed by atoms with Crippen LogP contribution >= 0.6 is 0 Å². The molecule has 3 rings (SSSR count). The van der Waals surface area contributed by atoms with Crippen LogP contribution in [-0.4, -0.2) is 11.0 Å². The molecule has 0 spiro atoms. The van der Waals surface area contributed by atoms with Gasteiger partial charge in [0.15, 0.2) is 0 Å². The zero-order chi connectivity index (χ0) is 12.6. The molecular formula is C16H24N2. The molecule has 1 fully saturated rings. The first-order chi connectivity index (χ1) is 8.64. The predicted octanol–water partition coefficient (Wildman–Crippen LogP) is 3.63. The Bertz CT molecular complexity index is 415. The van der Waals surface area contributed by atoms with Gasteiger partial charge in [0.25, 0.3) is 0 Å². The van der Waals surface area contributed by atoms with Crippen LogP contribution in [0.5, 0.6) is 0 Å². The summed E-state index contributed by atoms with van der Waals surface area (Å²) in [7, 11) is 0. The van der Waals surface area contributed by atoms with Gasteiger partial charge in [-0.15, -0.1) is 0 Å². The molecule has 0 amide bonds. The maximum atomic E-state index is 4.57. The molecule has 1 N–H and O–H groups in total. The van der Waals surface area contributed by atoms with Gasteiger partial charge in [-0.3, -0.25) is 4.98 Å². The lowest BCUT2D eigenvalue weighted by atomic mass is 9.75. The molecule has 0 radical (unpaired) electrons. The van der Waals surface area contributed by atoms with Gasteiger partial charge in [-0.2, -0.15) is 0 Å². The minimum Gasteiger partial charge on any atom is -0.306 e. The molecule has 1 aromatic heterocycles. The normalized spacial score (nSPS) is 27.1. The lowest BCUT2D eigenvalue weighted by Gasteiger charge is -2.36. The summed E-state index contributed by atoms with van der Waals surface area (Å²) in [6, 6.07) is 5.50. The first-order valence-corrected chi connectivity index (χ1v) is 7.34. The van der Waals surface area contributed by atoms with Crippen molar-refractivity contribution in [2.24, 2.45) is 5.41 Å². The molecule has 98 valence electrons. The maximum absolute atomic E-state index is 4.57. The first-order valence-electron chi connectivity index (χ1n) is 7.34. The molecule has 2 aliphatic carbocycles. The number of rotatable bonds is 2. The van der Waals surface area contributed by atoms with Crippen LogP contribution in [0, 0.1) is 5.41 Å². The molecule has 1 saturated carbocycles. The topological polar surface area (TPSA) is 24.9 Å². The molecular weight excluding hydrogens is 220 g/mol. The molecule has 0 saturated heterocycles. The fraction of sp³-hybridized carbons (Fsp3) is 0.688. The standard InChI is InChI=1S/C16H24N2/c1-16(2)9-7-13(8-10-16)18-14-6-5-12-4-3-11-17-15(12)14/h3-4,11,13-14,18H,5-10H2,1-2H3. The molecule has 1 atom stereocenters. The first kappa shape index (κ1) is 12.2. The zero-order valence-corrected chi connectivity index (χ0v) is 11.6. The average Bonchev–Trinajstić information content (AvgIpc) is 2.76. The monoisotopic (exact) mass is 244 g/mol. The number of nitrogens with zero attached hydrogens (tertiary/aromatic N) is 1. The zero-order valence-electron chi connectivity index (χ0n) is 11.6. The molecule has 1 heterocycles. The van der Waals surface area contributed by atoms with Crippen LogP contribution in [0.3, 0.4) is 0 Å². The van der Waals surface area contributed by atoms with Gasteiger partial charge in [0.05, 0.1) is 11.7 Å². The molecule has 18 heavy (non-hydrogen) atoms. The van der Waals surface area contributed by atoms with Gasteiger partial charge >= 0.3 is 0 Å². The van der Waals surface area contributed by atoms with Crippen molar-refractivity contribution in [2.45, 2.75) is 64.5 Å². The van der Waals surface area contributed by atoms with Crippen LogP contribution in [0.1, 0.15) is 63.3 Å². The minimum atomic E-state index is 0.507. The fourth-order valence-corrected chi connectivity index (χ4v) is 3.43. The Balaban J connectivity index is 1.62. The van der Waals surface area contributed by atoms with Crippen LogP contribution in [0.2, 0.25) is 0 Å². The smallest absolute Gasteiger partial charge is 0.0605 e. The number of hydrogen-bond donors (Lipinski definition) is 1. The van der Waals surface area contributed by atoms with Crippen molar-refractivity contribution >= 4 is 0 Å². The summed E-state index contributed by atoms with van der Waals surface area (Å²) in [5, 5.41) is 3.85. The Morgan fingerprint density at radius 2 is 2.00 bits per heavy atom.